The summed E-state index contributed by atoms with van der Waals surface area (Å²) in [6.07, 6.45) is 8.28. The second-order valence-corrected chi connectivity index (χ2v) is 7.02. The van der Waals surface area contributed by atoms with E-state index in [4.69, 9.17) is 16.3 Å². The minimum atomic E-state index is 0.595. The van der Waals surface area contributed by atoms with Gasteiger partial charge >= 0.3 is 0 Å². The molecular formula is C18H25ClO. The van der Waals surface area contributed by atoms with Crippen LogP contribution in [-0.2, 0) is 6.42 Å². The molecule has 0 spiro atoms. The van der Waals surface area contributed by atoms with E-state index in [1.165, 1.54) is 37.7 Å². The van der Waals surface area contributed by atoms with E-state index in [9.17, 15) is 0 Å². The van der Waals surface area contributed by atoms with E-state index < -0.39 is 0 Å². The van der Waals surface area contributed by atoms with Crippen molar-refractivity contribution < 1.29 is 4.74 Å². The van der Waals surface area contributed by atoms with Crippen molar-refractivity contribution in [2.45, 2.75) is 38.5 Å². The quantitative estimate of drug-likeness (QED) is 0.676. The van der Waals surface area contributed by atoms with Gasteiger partial charge in [0.15, 0.2) is 0 Å². The first-order chi connectivity index (χ1) is 9.80. The highest BCUT2D eigenvalue weighted by Gasteiger charge is 2.39. The lowest BCUT2D eigenvalue weighted by Crippen LogP contribution is -2.18. The fourth-order valence-electron chi connectivity index (χ4n) is 4.48. The standard InChI is InChI=1S/C18H25ClO/c1-20-18-5-3-2-4-16(18)10-14(12-19)11-17-9-13-6-7-15(17)8-13/h2-5,13-15,17H,6-12H2,1H3. The highest BCUT2D eigenvalue weighted by molar-refractivity contribution is 6.18. The van der Waals surface area contributed by atoms with Crippen LogP contribution in [0.1, 0.15) is 37.7 Å². The summed E-state index contributed by atoms with van der Waals surface area (Å²) < 4.78 is 5.47. The van der Waals surface area contributed by atoms with Crippen molar-refractivity contribution in [1.29, 1.82) is 0 Å². The summed E-state index contributed by atoms with van der Waals surface area (Å²) in [6.45, 7) is 0. The van der Waals surface area contributed by atoms with Crippen LogP contribution in [-0.4, -0.2) is 13.0 Å². The van der Waals surface area contributed by atoms with Gasteiger partial charge in [-0.2, -0.15) is 0 Å². The molecule has 1 aromatic carbocycles. The van der Waals surface area contributed by atoms with Crippen molar-refractivity contribution in [2.75, 3.05) is 13.0 Å². The number of rotatable bonds is 6. The predicted molar refractivity (Wildman–Crippen MR) is 84.5 cm³/mol. The number of ether oxygens (including phenoxy) is 1. The number of benzene rings is 1. The smallest absolute Gasteiger partial charge is 0.122 e. The SMILES string of the molecule is COc1ccccc1CC(CCl)CC1CC2CCC1C2. The van der Waals surface area contributed by atoms with Gasteiger partial charge in [0.1, 0.15) is 5.75 Å². The molecule has 20 heavy (non-hydrogen) atoms. The van der Waals surface area contributed by atoms with Crippen LogP contribution in [0.15, 0.2) is 24.3 Å². The number of methoxy groups -OCH3 is 1. The van der Waals surface area contributed by atoms with Crippen LogP contribution in [0, 0.1) is 23.7 Å². The van der Waals surface area contributed by atoms with Crippen LogP contribution < -0.4 is 4.74 Å². The molecule has 2 bridgehead atoms. The summed E-state index contributed by atoms with van der Waals surface area (Å²) in [4.78, 5) is 0. The number of fused-ring (bicyclic) bond motifs is 2. The molecule has 1 aromatic rings. The molecule has 0 aliphatic heterocycles. The summed E-state index contributed by atoms with van der Waals surface area (Å²) >= 11 is 6.25. The van der Waals surface area contributed by atoms with Crippen LogP contribution in [0.25, 0.3) is 0 Å². The van der Waals surface area contributed by atoms with E-state index in [1.807, 2.05) is 6.07 Å². The van der Waals surface area contributed by atoms with Crippen molar-refractivity contribution in [2.24, 2.45) is 23.7 Å². The average molecular weight is 293 g/mol. The molecule has 2 saturated carbocycles. The first-order valence-electron chi connectivity index (χ1n) is 7.98. The third-order valence-electron chi connectivity index (χ3n) is 5.44. The normalized spacial score (nSPS) is 29.6. The molecule has 0 saturated heterocycles. The molecule has 2 heteroatoms. The maximum atomic E-state index is 6.25. The zero-order valence-electron chi connectivity index (χ0n) is 12.4. The Morgan fingerprint density at radius 3 is 2.75 bits per heavy atom. The summed E-state index contributed by atoms with van der Waals surface area (Å²) in [5.74, 6) is 5.35. The second-order valence-electron chi connectivity index (χ2n) is 6.71. The lowest BCUT2D eigenvalue weighted by molar-refractivity contribution is 0.275. The Labute approximate surface area is 127 Å². The lowest BCUT2D eigenvalue weighted by Gasteiger charge is -2.26. The summed E-state index contributed by atoms with van der Waals surface area (Å²) in [7, 11) is 1.75. The molecule has 110 valence electrons. The van der Waals surface area contributed by atoms with E-state index in [0.717, 1.165) is 35.8 Å². The molecule has 2 fully saturated rings. The summed E-state index contributed by atoms with van der Waals surface area (Å²) in [5, 5.41) is 0. The van der Waals surface area contributed by atoms with E-state index in [-0.39, 0.29) is 0 Å². The van der Waals surface area contributed by atoms with Crippen LogP contribution in [0.4, 0.5) is 0 Å². The molecule has 4 unspecified atom stereocenters. The Morgan fingerprint density at radius 2 is 2.10 bits per heavy atom. The van der Waals surface area contributed by atoms with E-state index >= 15 is 0 Å². The van der Waals surface area contributed by atoms with Gasteiger partial charge in [0.05, 0.1) is 7.11 Å². The molecular weight excluding hydrogens is 268 g/mol. The minimum Gasteiger partial charge on any atom is -0.496 e. The number of hydrogen-bond acceptors (Lipinski definition) is 1. The molecule has 0 heterocycles. The zero-order chi connectivity index (χ0) is 13.9. The van der Waals surface area contributed by atoms with Crippen LogP contribution in [0.5, 0.6) is 5.75 Å². The van der Waals surface area contributed by atoms with Gasteiger partial charge in [0.2, 0.25) is 0 Å². The van der Waals surface area contributed by atoms with E-state index in [2.05, 4.69) is 18.2 Å². The maximum Gasteiger partial charge on any atom is 0.122 e. The zero-order valence-corrected chi connectivity index (χ0v) is 13.1. The van der Waals surface area contributed by atoms with Crippen LogP contribution in [0.2, 0.25) is 0 Å². The lowest BCUT2D eigenvalue weighted by atomic mass is 9.81. The maximum absolute atomic E-state index is 6.25. The third-order valence-corrected chi connectivity index (χ3v) is 5.88. The Morgan fingerprint density at radius 1 is 1.25 bits per heavy atom. The van der Waals surface area contributed by atoms with E-state index in [1.54, 1.807) is 7.11 Å². The minimum absolute atomic E-state index is 0.595. The van der Waals surface area contributed by atoms with Gasteiger partial charge in [-0.05, 0) is 67.4 Å². The number of alkyl halides is 1. The monoisotopic (exact) mass is 292 g/mol. The molecule has 4 atom stereocenters. The van der Waals surface area contributed by atoms with Crippen molar-refractivity contribution in [3.63, 3.8) is 0 Å². The molecule has 0 N–H and O–H groups in total. The molecule has 3 rings (SSSR count). The van der Waals surface area contributed by atoms with Crippen molar-refractivity contribution >= 4 is 11.6 Å². The number of para-hydroxylation sites is 1. The van der Waals surface area contributed by atoms with Gasteiger partial charge < -0.3 is 4.74 Å². The van der Waals surface area contributed by atoms with Crippen molar-refractivity contribution in [1.82, 2.24) is 0 Å². The topological polar surface area (TPSA) is 9.23 Å². The van der Waals surface area contributed by atoms with Crippen molar-refractivity contribution in [3.05, 3.63) is 29.8 Å². The van der Waals surface area contributed by atoms with Gasteiger partial charge in [0.25, 0.3) is 0 Å². The molecule has 1 nitrogen and oxygen atoms in total. The fourth-order valence-corrected chi connectivity index (χ4v) is 4.71. The Bertz CT molecular complexity index is 445. The molecule has 0 amide bonds. The average Bonchev–Trinajstić information content (AvgIpc) is 3.09. The second kappa shape index (κ2) is 6.39. The Balaban J connectivity index is 1.62. The first-order valence-corrected chi connectivity index (χ1v) is 8.51. The van der Waals surface area contributed by atoms with Gasteiger partial charge in [-0.3, -0.25) is 0 Å². The Kier molecular flexibility index (Phi) is 4.55. The van der Waals surface area contributed by atoms with E-state index in [0.29, 0.717) is 5.92 Å². The van der Waals surface area contributed by atoms with Gasteiger partial charge in [-0.25, -0.2) is 0 Å². The summed E-state index contributed by atoms with van der Waals surface area (Å²) in [5.41, 5.74) is 1.31. The fraction of sp³-hybridized carbons (Fsp3) is 0.667. The van der Waals surface area contributed by atoms with Gasteiger partial charge in [-0.15, -0.1) is 11.6 Å². The molecule has 2 aliphatic carbocycles. The molecule has 0 aromatic heterocycles. The van der Waals surface area contributed by atoms with Gasteiger partial charge in [-0.1, -0.05) is 24.6 Å². The van der Waals surface area contributed by atoms with Crippen LogP contribution >= 0.6 is 11.6 Å². The highest BCUT2D eigenvalue weighted by Crippen LogP contribution is 2.50. The molecule has 0 radical (unpaired) electrons. The first kappa shape index (κ1) is 14.3. The Hall–Kier alpha value is -0.690. The largest absolute Gasteiger partial charge is 0.496 e. The number of hydrogen-bond donors (Lipinski definition) is 0. The highest BCUT2D eigenvalue weighted by atomic mass is 35.5. The molecule has 2 aliphatic rings. The summed E-state index contributed by atoms with van der Waals surface area (Å²) in [6, 6.07) is 8.37. The van der Waals surface area contributed by atoms with Crippen LogP contribution in [0.3, 0.4) is 0 Å². The predicted octanol–water partition coefficient (Wildman–Crippen LogP) is 4.92. The van der Waals surface area contributed by atoms with Gasteiger partial charge in [0, 0.05) is 5.88 Å². The number of halogens is 1. The third kappa shape index (κ3) is 2.98. The van der Waals surface area contributed by atoms with Crippen molar-refractivity contribution in [3.8, 4) is 5.75 Å².